The standard InChI is InChI=1S/C29H46O3/c1-18(2)7-6-8-19(3)22-9-10-23-27-24(12-14-29(22,23)5)28(4)13-11-20(16-26(31)32)15-21(28)17-25(27)30/h17-20,22-24,27H,6-16H2,1-5H3,(H,31,32)/t19-,20+,22-,23+,24+,27+,28+,29-/m1/s1. The molecule has 0 aliphatic heterocycles. The second kappa shape index (κ2) is 8.91. The van der Waals surface area contributed by atoms with Crippen molar-refractivity contribution in [3.05, 3.63) is 11.6 Å². The second-order valence-corrected chi connectivity index (χ2v) is 13.0. The lowest BCUT2D eigenvalue weighted by Crippen LogP contribution is -2.53. The molecule has 4 aliphatic carbocycles. The monoisotopic (exact) mass is 442 g/mol. The number of ketones is 1. The molecule has 0 unspecified atom stereocenters. The van der Waals surface area contributed by atoms with Gasteiger partial charge in [0.2, 0.25) is 0 Å². The van der Waals surface area contributed by atoms with E-state index in [1.165, 1.54) is 50.5 Å². The maximum atomic E-state index is 13.6. The van der Waals surface area contributed by atoms with E-state index in [4.69, 9.17) is 0 Å². The fourth-order valence-corrected chi connectivity index (χ4v) is 8.92. The Labute approximate surface area is 195 Å². The molecule has 0 aromatic heterocycles. The van der Waals surface area contributed by atoms with Gasteiger partial charge in [0.25, 0.3) is 0 Å². The van der Waals surface area contributed by atoms with Crippen LogP contribution in [0.2, 0.25) is 0 Å². The van der Waals surface area contributed by atoms with Crippen LogP contribution in [0.1, 0.15) is 105 Å². The number of hydrogen-bond acceptors (Lipinski definition) is 2. The predicted octanol–water partition coefficient (Wildman–Crippen LogP) is 7.30. The Morgan fingerprint density at radius 1 is 1.06 bits per heavy atom. The van der Waals surface area contributed by atoms with Crippen LogP contribution in [0, 0.1) is 52.3 Å². The molecule has 0 bridgehead atoms. The van der Waals surface area contributed by atoms with Crippen molar-refractivity contribution >= 4 is 11.8 Å². The molecule has 3 saturated carbocycles. The molecule has 32 heavy (non-hydrogen) atoms. The Morgan fingerprint density at radius 2 is 1.81 bits per heavy atom. The highest BCUT2D eigenvalue weighted by molar-refractivity contribution is 5.94. The molecule has 0 radical (unpaired) electrons. The Kier molecular flexibility index (Phi) is 6.69. The quantitative estimate of drug-likeness (QED) is 0.450. The molecule has 0 aromatic carbocycles. The maximum absolute atomic E-state index is 13.6. The number of carboxylic acid groups (broad SMARTS) is 1. The van der Waals surface area contributed by atoms with Gasteiger partial charge in [-0.3, -0.25) is 9.59 Å². The molecule has 0 saturated heterocycles. The van der Waals surface area contributed by atoms with Crippen LogP contribution in [-0.4, -0.2) is 16.9 Å². The lowest BCUT2D eigenvalue weighted by molar-refractivity contribution is -0.138. The molecule has 180 valence electrons. The minimum atomic E-state index is -0.702. The van der Waals surface area contributed by atoms with Crippen LogP contribution in [0.5, 0.6) is 0 Å². The zero-order valence-corrected chi connectivity index (χ0v) is 21.2. The Balaban J connectivity index is 1.52. The molecular formula is C29H46O3. The summed E-state index contributed by atoms with van der Waals surface area (Å²) >= 11 is 0. The SMILES string of the molecule is CC(C)CCC[C@@H](C)[C@H]1CC[C@H]2[C@@H]3C(=O)C=C4C[C@@H](CC(=O)O)CC[C@]4(C)[C@H]3CC[C@]12C. The van der Waals surface area contributed by atoms with Gasteiger partial charge >= 0.3 is 5.97 Å². The van der Waals surface area contributed by atoms with Gasteiger partial charge in [-0.1, -0.05) is 59.5 Å². The van der Waals surface area contributed by atoms with Gasteiger partial charge in [-0.05, 0) is 97.4 Å². The topological polar surface area (TPSA) is 54.4 Å². The lowest BCUT2D eigenvalue weighted by Gasteiger charge is -2.57. The van der Waals surface area contributed by atoms with E-state index >= 15 is 0 Å². The highest BCUT2D eigenvalue weighted by atomic mass is 16.4. The van der Waals surface area contributed by atoms with Gasteiger partial charge in [0, 0.05) is 12.3 Å². The summed E-state index contributed by atoms with van der Waals surface area (Å²) < 4.78 is 0. The minimum Gasteiger partial charge on any atom is -0.481 e. The number of aliphatic carboxylic acids is 1. The predicted molar refractivity (Wildman–Crippen MR) is 129 cm³/mol. The Bertz CT molecular complexity index is 766. The summed E-state index contributed by atoms with van der Waals surface area (Å²) in [6, 6.07) is 0. The number of hydrogen-bond donors (Lipinski definition) is 1. The van der Waals surface area contributed by atoms with E-state index in [9.17, 15) is 14.7 Å². The molecule has 0 heterocycles. The van der Waals surface area contributed by atoms with Crippen LogP contribution in [0.3, 0.4) is 0 Å². The van der Waals surface area contributed by atoms with E-state index in [-0.39, 0.29) is 23.7 Å². The van der Waals surface area contributed by atoms with Crippen LogP contribution >= 0.6 is 0 Å². The normalized spacial score (nSPS) is 42.1. The molecule has 4 aliphatic rings. The lowest BCUT2D eigenvalue weighted by atomic mass is 9.46. The number of fused-ring (bicyclic) bond motifs is 5. The third kappa shape index (κ3) is 4.11. The smallest absolute Gasteiger partial charge is 0.303 e. The number of allylic oxidation sites excluding steroid dienone is 2. The summed E-state index contributed by atoms with van der Waals surface area (Å²) in [5.41, 5.74) is 1.70. The number of carbonyl (C=O) groups excluding carboxylic acids is 1. The first-order chi connectivity index (χ1) is 15.1. The van der Waals surface area contributed by atoms with Gasteiger partial charge < -0.3 is 5.11 Å². The first kappa shape index (κ1) is 24.0. The molecule has 3 nitrogen and oxygen atoms in total. The van der Waals surface area contributed by atoms with Crippen molar-refractivity contribution in [3.63, 3.8) is 0 Å². The number of carbonyl (C=O) groups is 2. The van der Waals surface area contributed by atoms with Crippen molar-refractivity contribution in [1.29, 1.82) is 0 Å². The highest BCUT2D eigenvalue weighted by Crippen LogP contribution is 2.67. The third-order valence-electron chi connectivity index (χ3n) is 10.7. The number of carboxylic acids is 1. The van der Waals surface area contributed by atoms with Crippen molar-refractivity contribution in [2.75, 3.05) is 0 Å². The maximum Gasteiger partial charge on any atom is 0.303 e. The number of rotatable bonds is 7. The van der Waals surface area contributed by atoms with Gasteiger partial charge in [-0.25, -0.2) is 0 Å². The van der Waals surface area contributed by atoms with E-state index in [0.29, 0.717) is 23.0 Å². The van der Waals surface area contributed by atoms with E-state index in [2.05, 4.69) is 34.6 Å². The fourth-order valence-electron chi connectivity index (χ4n) is 8.92. The molecule has 0 aromatic rings. The second-order valence-electron chi connectivity index (χ2n) is 13.0. The molecule has 1 N–H and O–H groups in total. The molecule has 3 fully saturated rings. The zero-order valence-electron chi connectivity index (χ0n) is 21.2. The van der Waals surface area contributed by atoms with Crippen LogP contribution in [0.4, 0.5) is 0 Å². The first-order valence-electron chi connectivity index (χ1n) is 13.5. The fraction of sp³-hybridized carbons (Fsp3) is 0.862. The molecular weight excluding hydrogens is 396 g/mol. The molecule has 8 atom stereocenters. The third-order valence-corrected chi connectivity index (χ3v) is 10.7. The highest BCUT2D eigenvalue weighted by Gasteiger charge is 2.61. The summed E-state index contributed by atoms with van der Waals surface area (Å²) in [6.07, 6.45) is 14.1. The van der Waals surface area contributed by atoms with Crippen LogP contribution in [-0.2, 0) is 9.59 Å². The van der Waals surface area contributed by atoms with Gasteiger partial charge in [-0.2, -0.15) is 0 Å². The first-order valence-corrected chi connectivity index (χ1v) is 13.5. The van der Waals surface area contributed by atoms with Crippen molar-refractivity contribution in [3.8, 4) is 0 Å². The molecule has 0 amide bonds. The minimum absolute atomic E-state index is 0.107. The average Bonchev–Trinajstić information content (AvgIpc) is 3.05. The van der Waals surface area contributed by atoms with Crippen LogP contribution in [0.25, 0.3) is 0 Å². The van der Waals surface area contributed by atoms with Crippen molar-refractivity contribution in [1.82, 2.24) is 0 Å². The average molecular weight is 443 g/mol. The van der Waals surface area contributed by atoms with Crippen LogP contribution in [0.15, 0.2) is 11.6 Å². The largest absolute Gasteiger partial charge is 0.481 e. The molecule has 4 rings (SSSR count). The summed E-state index contributed by atoms with van der Waals surface area (Å²) in [7, 11) is 0. The van der Waals surface area contributed by atoms with E-state index < -0.39 is 5.97 Å². The van der Waals surface area contributed by atoms with Crippen molar-refractivity contribution in [2.45, 2.75) is 105 Å². The zero-order chi connectivity index (χ0) is 23.3. The summed E-state index contributed by atoms with van der Waals surface area (Å²) in [4.78, 5) is 24.8. The van der Waals surface area contributed by atoms with Crippen LogP contribution < -0.4 is 0 Å². The Morgan fingerprint density at radius 3 is 2.50 bits per heavy atom. The van der Waals surface area contributed by atoms with E-state index in [1.807, 2.05) is 6.08 Å². The van der Waals surface area contributed by atoms with Crippen molar-refractivity contribution in [2.24, 2.45) is 52.3 Å². The summed E-state index contributed by atoms with van der Waals surface area (Å²) in [6.45, 7) is 12.1. The van der Waals surface area contributed by atoms with E-state index in [1.54, 1.807) is 0 Å². The molecule has 3 heteroatoms. The van der Waals surface area contributed by atoms with Crippen molar-refractivity contribution < 1.29 is 14.7 Å². The van der Waals surface area contributed by atoms with Gasteiger partial charge in [0.05, 0.1) is 0 Å². The Hall–Kier alpha value is -1.12. The molecule has 0 spiro atoms. The van der Waals surface area contributed by atoms with E-state index in [0.717, 1.165) is 37.0 Å². The van der Waals surface area contributed by atoms with Gasteiger partial charge in [-0.15, -0.1) is 0 Å². The van der Waals surface area contributed by atoms with Gasteiger partial charge in [0.15, 0.2) is 5.78 Å². The van der Waals surface area contributed by atoms with Gasteiger partial charge in [0.1, 0.15) is 0 Å². The summed E-state index contributed by atoms with van der Waals surface area (Å²) in [5, 5.41) is 9.26. The summed E-state index contributed by atoms with van der Waals surface area (Å²) in [5.74, 6) is 3.39.